The number of carboxylic acid groups (broad SMARTS) is 1. The summed E-state index contributed by atoms with van der Waals surface area (Å²) in [6, 6.07) is 21.2. The fourth-order valence-electron chi connectivity index (χ4n) is 5.46. The maximum absolute atomic E-state index is 12.9. The van der Waals surface area contributed by atoms with E-state index in [9.17, 15) is 14.7 Å². The van der Waals surface area contributed by atoms with Crippen molar-refractivity contribution in [3.05, 3.63) is 83.7 Å². The fraction of sp³-hybridized carbons (Fsp3) is 0.344. The Labute approximate surface area is 223 Å². The molecule has 4 aromatic rings. The maximum atomic E-state index is 12.9. The van der Waals surface area contributed by atoms with E-state index in [1.807, 2.05) is 36.4 Å². The van der Waals surface area contributed by atoms with Crippen LogP contribution in [0.3, 0.4) is 0 Å². The first-order valence-corrected chi connectivity index (χ1v) is 13.7. The van der Waals surface area contributed by atoms with Crippen molar-refractivity contribution in [1.29, 1.82) is 0 Å². The van der Waals surface area contributed by atoms with Gasteiger partial charge in [0.2, 0.25) is 5.91 Å². The average molecular weight is 510 g/mol. The number of amides is 1. The van der Waals surface area contributed by atoms with Crippen LogP contribution in [0, 0.1) is 5.92 Å². The lowest BCUT2D eigenvalue weighted by molar-refractivity contribution is -0.120. The van der Waals surface area contributed by atoms with Gasteiger partial charge >= 0.3 is 5.97 Å². The number of nitrogens with zero attached hydrogens (tertiary/aromatic N) is 2. The van der Waals surface area contributed by atoms with Crippen LogP contribution in [0.5, 0.6) is 0 Å². The number of fused-ring (bicyclic) bond motifs is 1. The lowest BCUT2D eigenvalue weighted by Crippen LogP contribution is -2.24. The van der Waals surface area contributed by atoms with E-state index in [1.165, 1.54) is 6.42 Å². The summed E-state index contributed by atoms with van der Waals surface area (Å²) in [4.78, 5) is 29.5. The van der Waals surface area contributed by atoms with Gasteiger partial charge in [0.05, 0.1) is 16.6 Å². The van der Waals surface area contributed by atoms with Gasteiger partial charge < -0.3 is 15.0 Å². The second kappa shape index (κ2) is 11.6. The first-order chi connectivity index (χ1) is 18.5. The van der Waals surface area contributed by atoms with Crippen molar-refractivity contribution in [1.82, 2.24) is 9.55 Å². The molecule has 0 aliphatic heterocycles. The lowest BCUT2D eigenvalue weighted by atomic mass is 9.88. The number of hydrogen-bond donors (Lipinski definition) is 2. The monoisotopic (exact) mass is 509 g/mol. The molecule has 0 saturated heterocycles. The number of imidazole rings is 1. The molecule has 38 heavy (non-hydrogen) atoms. The number of anilines is 1. The molecular weight excluding hydrogens is 474 g/mol. The predicted molar refractivity (Wildman–Crippen MR) is 151 cm³/mol. The molecule has 2 N–H and O–H groups in total. The van der Waals surface area contributed by atoms with Crippen molar-refractivity contribution in [2.75, 3.05) is 5.32 Å². The molecule has 1 saturated carbocycles. The van der Waals surface area contributed by atoms with Crippen molar-refractivity contribution in [2.24, 2.45) is 5.92 Å². The van der Waals surface area contributed by atoms with E-state index in [1.54, 1.807) is 12.1 Å². The molecule has 6 heteroatoms. The smallest absolute Gasteiger partial charge is 0.336 e. The van der Waals surface area contributed by atoms with Crippen molar-refractivity contribution in [2.45, 2.75) is 64.8 Å². The van der Waals surface area contributed by atoms with Crippen LogP contribution in [-0.4, -0.2) is 26.5 Å². The number of benzene rings is 3. The van der Waals surface area contributed by atoms with E-state index >= 15 is 0 Å². The average Bonchev–Trinajstić information content (AvgIpc) is 3.29. The molecule has 196 valence electrons. The molecule has 3 aromatic carbocycles. The highest BCUT2D eigenvalue weighted by molar-refractivity contribution is 5.96. The second-order valence-corrected chi connectivity index (χ2v) is 10.3. The van der Waals surface area contributed by atoms with Gasteiger partial charge in [-0.05, 0) is 60.2 Å². The Balaban J connectivity index is 1.43. The number of carbonyl (C=O) groups is 2. The van der Waals surface area contributed by atoms with Gasteiger partial charge in [-0.1, -0.05) is 75.1 Å². The second-order valence-electron chi connectivity index (χ2n) is 10.3. The molecule has 1 fully saturated rings. The zero-order chi connectivity index (χ0) is 26.5. The first-order valence-electron chi connectivity index (χ1n) is 13.7. The van der Waals surface area contributed by atoms with Crippen molar-refractivity contribution in [3.8, 4) is 11.1 Å². The Morgan fingerprint density at radius 2 is 1.76 bits per heavy atom. The summed E-state index contributed by atoms with van der Waals surface area (Å²) in [6.07, 6.45) is 8.46. The number of rotatable bonds is 9. The third kappa shape index (κ3) is 5.64. The summed E-state index contributed by atoms with van der Waals surface area (Å²) in [7, 11) is 0. The summed E-state index contributed by atoms with van der Waals surface area (Å²) < 4.78 is 2.25. The normalized spacial score (nSPS) is 14.0. The number of carboxylic acids is 1. The predicted octanol–water partition coefficient (Wildman–Crippen LogP) is 7.31. The number of unbranched alkanes of at least 4 members (excludes halogenated alkanes) is 1. The van der Waals surface area contributed by atoms with Crippen LogP contribution in [0.25, 0.3) is 22.2 Å². The van der Waals surface area contributed by atoms with Crippen molar-refractivity contribution in [3.63, 3.8) is 0 Å². The maximum Gasteiger partial charge on any atom is 0.336 e. The molecule has 0 atom stereocenters. The Morgan fingerprint density at radius 3 is 2.50 bits per heavy atom. The minimum absolute atomic E-state index is 0.106. The SMILES string of the molecule is CCCCc1nc2ccc(NC(=O)C3CCCCC3)cc2n1Cc1ccc(-c2ccccc2C(=O)O)cc1. The van der Waals surface area contributed by atoms with Crippen LogP contribution in [0.4, 0.5) is 5.69 Å². The van der Waals surface area contributed by atoms with Gasteiger partial charge in [0, 0.05) is 24.6 Å². The molecule has 1 aromatic heterocycles. The largest absolute Gasteiger partial charge is 0.478 e. The van der Waals surface area contributed by atoms with Gasteiger partial charge in [-0.15, -0.1) is 0 Å². The van der Waals surface area contributed by atoms with E-state index in [4.69, 9.17) is 4.98 Å². The van der Waals surface area contributed by atoms with Gasteiger partial charge in [-0.2, -0.15) is 0 Å². The Bertz CT molecular complexity index is 1430. The fourth-order valence-corrected chi connectivity index (χ4v) is 5.46. The molecule has 5 rings (SSSR count). The Morgan fingerprint density at radius 1 is 1.00 bits per heavy atom. The highest BCUT2D eigenvalue weighted by atomic mass is 16.4. The third-order valence-electron chi connectivity index (χ3n) is 7.59. The van der Waals surface area contributed by atoms with E-state index < -0.39 is 5.97 Å². The van der Waals surface area contributed by atoms with Gasteiger partial charge in [0.15, 0.2) is 0 Å². The summed E-state index contributed by atoms with van der Waals surface area (Å²) in [5, 5.41) is 12.7. The molecule has 1 aliphatic rings. The number of carbonyl (C=O) groups excluding carboxylic acids is 1. The van der Waals surface area contributed by atoms with Crippen LogP contribution >= 0.6 is 0 Å². The van der Waals surface area contributed by atoms with Crippen LogP contribution in [0.2, 0.25) is 0 Å². The van der Waals surface area contributed by atoms with Crippen molar-refractivity contribution >= 4 is 28.6 Å². The van der Waals surface area contributed by atoms with E-state index in [-0.39, 0.29) is 11.8 Å². The number of aromatic nitrogens is 2. The molecule has 6 nitrogen and oxygen atoms in total. The molecule has 0 spiro atoms. The number of nitrogens with one attached hydrogen (secondary N) is 1. The van der Waals surface area contributed by atoms with Crippen LogP contribution in [-0.2, 0) is 17.8 Å². The molecule has 0 bridgehead atoms. The zero-order valence-electron chi connectivity index (χ0n) is 22.0. The van der Waals surface area contributed by atoms with Gasteiger partial charge in [0.1, 0.15) is 5.82 Å². The number of hydrogen-bond acceptors (Lipinski definition) is 3. The third-order valence-corrected chi connectivity index (χ3v) is 7.59. The highest BCUT2D eigenvalue weighted by Gasteiger charge is 2.21. The minimum atomic E-state index is -0.929. The quantitative estimate of drug-likeness (QED) is 0.248. The zero-order valence-corrected chi connectivity index (χ0v) is 22.0. The highest BCUT2D eigenvalue weighted by Crippen LogP contribution is 2.28. The van der Waals surface area contributed by atoms with E-state index in [0.717, 1.165) is 78.6 Å². The Hall–Kier alpha value is -3.93. The summed E-state index contributed by atoms with van der Waals surface area (Å²) in [5.74, 6) is 0.340. The van der Waals surface area contributed by atoms with E-state index in [2.05, 4.69) is 35.0 Å². The van der Waals surface area contributed by atoms with Gasteiger partial charge in [-0.3, -0.25) is 4.79 Å². The molecule has 1 amide bonds. The number of aromatic carboxylic acids is 1. The first kappa shape index (κ1) is 25.7. The standard InChI is InChI=1S/C32H35N3O3/c1-2-3-13-30-34-28-19-18-25(33-31(36)24-9-5-4-6-10-24)20-29(28)35(30)21-22-14-16-23(17-15-22)26-11-7-8-12-27(26)32(37)38/h7-8,11-12,14-20,24H,2-6,9-10,13,21H2,1H3,(H,33,36)(H,37,38). The summed E-state index contributed by atoms with van der Waals surface area (Å²) >= 11 is 0. The molecule has 0 unspecified atom stereocenters. The van der Waals surface area contributed by atoms with E-state index in [0.29, 0.717) is 17.7 Å². The number of aryl methyl sites for hydroxylation is 1. The summed E-state index contributed by atoms with van der Waals surface area (Å²) in [6.45, 7) is 2.83. The molecule has 1 aliphatic carbocycles. The Kier molecular flexibility index (Phi) is 7.87. The molecule has 1 heterocycles. The van der Waals surface area contributed by atoms with Crippen LogP contribution < -0.4 is 5.32 Å². The van der Waals surface area contributed by atoms with Gasteiger partial charge in [-0.25, -0.2) is 9.78 Å². The minimum Gasteiger partial charge on any atom is -0.478 e. The van der Waals surface area contributed by atoms with Gasteiger partial charge in [0.25, 0.3) is 0 Å². The molecule has 0 radical (unpaired) electrons. The van der Waals surface area contributed by atoms with Crippen LogP contribution in [0.1, 0.15) is 73.6 Å². The summed E-state index contributed by atoms with van der Waals surface area (Å²) in [5.41, 5.74) is 5.75. The topological polar surface area (TPSA) is 84.2 Å². The molecular formula is C32H35N3O3. The lowest BCUT2D eigenvalue weighted by Gasteiger charge is -2.20. The van der Waals surface area contributed by atoms with Crippen molar-refractivity contribution < 1.29 is 14.7 Å². The van der Waals surface area contributed by atoms with Crippen LogP contribution in [0.15, 0.2) is 66.7 Å².